The Morgan fingerprint density at radius 2 is 0.860 bits per heavy atom. The van der Waals surface area contributed by atoms with Crippen molar-refractivity contribution >= 4 is 29.5 Å². The fraction of sp³-hybridized carbons (Fsp3) is 0.294. The molecule has 4 aromatic carbocycles. The van der Waals surface area contributed by atoms with E-state index in [0.717, 1.165) is 11.1 Å². The van der Waals surface area contributed by atoms with Gasteiger partial charge in [0.25, 0.3) is 0 Å². The molecule has 9 heteroatoms. The van der Waals surface area contributed by atoms with Crippen LogP contribution >= 0.6 is 0 Å². The Morgan fingerprint density at radius 1 is 0.488 bits per heavy atom. The molecule has 0 N–H and O–H groups in total. The topological polar surface area (TPSA) is 102 Å². The number of sulfone groups is 3. The van der Waals surface area contributed by atoms with Gasteiger partial charge in [-0.25, -0.2) is 25.3 Å². The predicted molar refractivity (Wildman–Crippen MR) is 169 cm³/mol. The fourth-order valence-corrected chi connectivity index (χ4v) is 15.1. The highest BCUT2D eigenvalue weighted by molar-refractivity contribution is 7.99. The summed E-state index contributed by atoms with van der Waals surface area (Å²) in [5, 5.41) is -4.97. The first-order chi connectivity index (χ1) is 20.4. The maximum Gasteiger partial charge on any atom is 0.183 e. The van der Waals surface area contributed by atoms with Crippen LogP contribution in [0.5, 0.6) is 0 Å². The second-order valence-electron chi connectivity index (χ2n) is 11.9. The first-order valence-corrected chi connectivity index (χ1v) is 19.0. The van der Waals surface area contributed by atoms with E-state index in [0.29, 0.717) is 11.1 Å². The Hall–Kier alpha value is -3.27. The van der Waals surface area contributed by atoms with Gasteiger partial charge in [-0.1, -0.05) is 104 Å². The molecule has 2 unspecified atom stereocenters. The zero-order valence-electron chi connectivity index (χ0n) is 24.1. The van der Waals surface area contributed by atoms with Crippen molar-refractivity contribution < 1.29 is 25.3 Å². The first-order valence-electron chi connectivity index (χ1n) is 14.3. The molecule has 2 fully saturated rings. The monoisotopic (exact) mass is 634 g/mol. The number of benzene rings is 4. The van der Waals surface area contributed by atoms with E-state index in [2.05, 4.69) is 0 Å². The molecule has 0 saturated heterocycles. The van der Waals surface area contributed by atoms with E-state index in [1.807, 2.05) is 57.2 Å². The molecule has 6 atom stereocenters. The van der Waals surface area contributed by atoms with Gasteiger partial charge < -0.3 is 0 Å². The summed E-state index contributed by atoms with van der Waals surface area (Å²) in [5.74, 6) is -1.36. The molecule has 2 aliphatic rings. The highest BCUT2D eigenvalue weighted by Gasteiger charge is 2.74. The molecule has 0 radical (unpaired) electrons. The number of hydrogen-bond acceptors (Lipinski definition) is 6. The van der Waals surface area contributed by atoms with Gasteiger partial charge in [0.15, 0.2) is 29.5 Å². The van der Waals surface area contributed by atoms with Crippen molar-refractivity contribution in [2.75, 3.05) is 0 Å². The van der Waals surface area contributed by atoms with Gasteiger partial charge in [0, 0.05) is 11.8 Å². The van der Waals surface area contributed by atoms with Crippen LogP contribution in [0.2, 0.25) is 0 Å². The van der Waals surface area contributed by atoms with E-state index in [1.54, 1.807) is 48.5 Å². The Morgan fingerprint density at radius 3 is 1.23 bits per heavy atom. The Balaban J connectivity index is 1.45. The third-order valence-electron chi connectivity index (χ3n) is 8.85. The average molecular weight is 635 g/mol. The molecule has 0 spiro atoms. The summed E-state index contributed by atoms with van der Waals surface area (Å²) >= 11 is 0. The molecular weight excluding hydrogens is 601 g/mol. The van der Waals surface area contributed by atoms with Crippen LogP contribution in [-0.4, -0.2) is 46.3 Å². The lowest BCUT2D eigenvalue weighted by atomic mass is 10.0. The van der Waals surface area contributed by atoms with Crippen molar-refractivity contribution in [3.63, 3.8) is 0 Å². The summed E-state index contributed by atoms with van der Waals surface area (Å²) in [4.78, 5) is 0.112. The maximum absolute atomic E-state index is 14.6. The summed E-state index contributed by atoms with van der Waals surface area (Å²) in [6, 6.07) is 30.4. The van der Waals surface area contributed by atoms with E-state index in [-0.39, 0.29) is 15.7 Å². The minimum atomic E-state index is -4.26. The van der Waals surface area contributed by atoms with E-state index < -0.39 is 62.3 Å². The molecule has 224 valence electrons. The third kappa shape index (κ3) is 5.15. The summed E-state index contributed by atoms with van der Waals surface area (Å²) in [6.07, 6.45) is 0. The largest absolute Gasteiger partial charge is 0.228 e. The normalized spacial score (nSPS) is 25.4. The lowest BCUT2D eigenvalue weighted by molar-refractivity contribution is 0.583. The van der Waals surface area contributed by atoms with Gasteiger partial charge in [-0.2, -0.15) is 0 Å². The molecule has 2 saturated carbocycles. The second-order valence-corrected chi connectivity index (χ2v) is 18.4. The Bertz CT molecular complexity index is 1950. The van der Waals surface area contributed by atoms with Gasteiger partial charge in [-0.15, -0.1) is 0 Å². The lowest BCUT2D eigenvalue weighted by Gasteiger charge is -2.07. The molecule has 6 rings (SSSR count). The van der Waals surface area contributed by atoms with E-state index in [4.69, 9.17) is 0 Å². The molecule has 0 amide bonds. The third-order valence-corrected chi connectivity index (χ3v) is 16.4. The molecule has 0 aliphatic heterocycles. The minimum Gasteiger partial charge on any atom is -0.228 e. The van der Waals surface area contributed by atoms with Crippen molar-refractivity contribution in [1.82, 2.24) is 0 Å². The van der Waals surface area contributed by atoms with Crippen molar-refractivity contribution in [2.45, 2.75) is 69.3 Å². The molecule has 2 aliphatic carbocycles. The summed E-state index contributed by atoms with van der Waals surface area (Å²) in [6.45, 7) is 6.00. The van der Waals surface area contributed by atoms with E-state index in [1.165, 1.54) is 24.3 Å². The molecule has 6 nitrogen and oxygen atoms in total. The van der Waals surface area contributed by atoms with E-state index >= 15 is 0 Å². The lowest BCUT2D eigenvalue weighted by Crippen LogP contribution is -2.24. The highest BCUT2D eigenvalue weighted by Crippen LogP contribution is 2.61. The van der Waals surface area contributed by atoms with E-state index in [9.17, 15) is 25.3 Å². The van der Waals surface area contributed by atoms with Crippen LogP contribution in [0.25, 0.3) is 0 Å². The van der Waals surface area contributed by atoms with Crippen LogP contribution < -0.4 is 0 Å². The van der Waals surface area contributed by atoms with Crippen molar-refractivity contribution in [3.8, 4) is 0 Å². The SMILES string of the molecule is Cc1ccc([C@@H]2C(S(=O)(=O)c3ccccc3)[C@@H]2S(=O)(=O)[C@@H]2C(S(=O)(=O)c3ccccc3)[C@H]2c2ccc(C(C)C)cc2)cc1. The van der Waals surface area contributed by atoms with Crippen molar-refractivity contribution in [3.05, 3.63) is 131 Å². The Kier molecular flexibility index (Phi) is 7.42. The molecule has 0 heterocycles. The maximum atomic E-state index is 14.6. The summed E-state index contributed by atoms with van der Waals surface area (Å²) < 4.78 is 85.0. The average Bonchev–Trinajstić information content (AvgIpc) is 3.92. The van der Waals surface area contributed by atoms with Crippen LogP contribution in [0.15, 0.2) is 119 Å². The number of aryl methyl sites for hydroxylation is 1. The number of hydrogen-bond donors (Lipinski definition) is 0. The van der Waals surface area contributed by atoms with Gasteiger partial charge >= 0.3 is 0 Å². The predicted octanol–water partition coefficient (Wildman–Crippen LogP) is 5.85. The van der Waals surface area contributed by atoms with Crippen LogP contribution in [0.4, 0.5) is 0 Å². The molecule has 0 bridgehead atoms. The quantitative estimate of drug-likeness (QED) is 0.229. The number of rotatable bonds is 9. The first kappa shape index (κ1) is 29.8. The second kappa shape index (κ2) is 10.7. The van der Waals surface area contributed by atoms with Gasteiger partial charge in [0.2, 0.25) is 0 Å². The van der Waals surface area contributed by atoms with Gasteiger partial charge in [0.1, 0.15) is 0 Å². The van der Waals surface area contributed by atoms with Crippen molar-refractivity contribution in [2.24, 2.45) is 0 Å². The van der Waals surface area contributed by atoms with Gasteiger partial charge in [-0.3, -0.25) is 0 Å². The van der Waals surface area contributed by atoms with Gasteiger partial charge in [-0.05, 0) is 53.8 Å². The molecule has 43 heavy (non-hydrogen) atoms. The zero-order valence-corrected chi connectivity index (χ0v) is 26.6. The molecule has 0 aromatic heterocycles. The van der Waals surface area contributed by atoms with Crippen molar-refractivity contribution in [1.29, 1.82) is 0 Å². The molecular formula is C34H34O6S3. The summed E-state index contributed by atoms with van der Waals surface area (Å²) in [5.41, 5.74) is 3.26. The fourth-order valence-electron chi connectivity index (χ4n) is 6.40. The van der Waals surface area contributed by atoms with Crippen LogP contribution in [-0.2, 0) is 29.5 Å². The standard InChI is InChI=1S/C34H34O6S3/c1-22(2)24-18-20-26(21-19-24)30-32(42(37,38)28-12-8-5-9-13-28)34(30)43(39,40)33-29(25-16-14-23(3)15-17-25)31(33)41(35,36)27-10-6-4-7-11-27/h4-22,29-34H,1-3H3/t29-,30-,31?,32?,33-,34+/m1/s1. The van der Waals surface area contributed by atoms with Crippen LogP contribution in [0.1, 0.15) is 53.9 Å². The Labute approximate surface area is 254 Å². The zero-order chi connectivity index (χ0) is 30.7. The highest BCUT2D eigenvalue weighted by atomic mass is 32.2. The minimum absolute atomic E-state index is 0.0555. The van der Waals surface area contributed by atoms with Crippen LogP contribution in [0.3, 0.4) is 0 Å². The smallest absolute Gasteiger partial charge is 0.183 e. The summed E-state index contributed by atoms with van der Waals surface area (Å²) in [7, 11) is -12.4. The van der Waals surface area contributed by atoms with Crippen LogP contribution in [0, 0.1) is 6.92 Å². The van der Waals surface area contributed by atoms with Gasteiger partial charge in [0.05, 0.1) is 30.8 Å². The molecule has 4 aromatic rings.